The maximum atomic E-state index is 13.4. The Kier molecular flexibility index (Phi) is 27.5. The van der Waals surface area contributed by atoms with Crippen molar-refractivity contribution in [1.29, 1.82) is 0 Å². The van der Waals surface area contributed by atoms with Crippen molar-refractivity contribution in [3.63, 3.8) is 0 Å². The molecular weight excluding hydrogens is 1600 g/mol. The van der Waals surface area contributed by atoms with Gasteiger partial charge in [-0.1, -0.05) is 121 Å². The van der Waals surface area contributed by atoms with Gasteiger partial charge in [0.05, 0.1) is 79.9 Å². The number of hydrogen-bond donors (Lipinski definition) is 11. The Morgan fingerprint density at radius 3 is 0.913 bits per heavy atom. The van der Waals surface area contributed by atoms with Gasteiger partial charge in [0.2, 0.25) is 0 Å². The number of anilines is 5. The number of pyridine rings is 2. The molecule has 3 unspecified atom stereocenters. The van der Waals surface area contributed by atoms with Crippen LogP contribution >= 0.6 is 0 Å². The van der Waals surface area contributed by atoms with Crippen molar-refractivity contribution < 1.29 is 38.7 Å². The molecule has 5 aromatic heterocycles. The lowest BCUT2D eigenvalue weighted by Gasteiger charge is -2.12. The number of aromatic nitrogens is 8. The number of aliphatic imine (C=N–C) groups is 5. The zero-order valence-corrected chi connectivity index (χ0v) is 70.4. The number of amidine groups is 5. The molecule has 3 atom stereocenters. The molecule has 0 saturated heterocycles. The van der Waals surface area contributed by atoms with E-state index in [2.05, 4.69) is 169 Å². The molecule has 15 aromatic rings. The molecule has 0 aliphatic carbocycles. The maximum absolute atomic E-state index is 13.4. The first-order valence-electron chi connectivity index (χ1n) is 41.6. The molecule has 5 aliphatic heterocycles. The Labute approximate surface area is 734 Å². The molecule has 0 bridgehead atoms. The van der Waals surface area contributed by atoms with E-state index in [9.17, 15) is 19.7 Å². The second-order valence-corrected chi connectivity index (χ2v) is 30.5. The van der Waals surface area contributed by atoms with Crippen LogP contribution < -0.4 is 45.5 Å². The minimum atomic E-state index is -0.485. The first-order valence-corrected chi connectivity index (χ1v) is 41.6. The standard InChI is InChI=1S/C22H21N3O2.C21H19N3O.C20H20N4O2.C19H17FN4O.C19H18N4O/c1-27-19-4-2-3-17(11-19)21(14-26)25-22-13-18-6-5-16(12-20(18)24-22)15-7-9-23-10-8-15;1-25-19-4-2-3-15(11-19)14-23-21-13-18-6-5-17(12-20(18)24-21)16-7-9-22-10-8-16;1-26-17-4-2-3-14(7-17)19(12-25)24-20-9-15-6-5-13(8-18(15)23-20)16-10-21-22-11-16;20-16-3-1-2-13(6-16)18(11-25)24-19-8-14-5-4-12(7-17(14)23-19)15-9-21-22-10-15;1-24-17-4-2-3-13(7-17)10-20-19-9-15-6-5-14(8-18(15)23-19)16-11-21-22-12-16/h2-12,21,26H,13-14H2,1H3,(H,24,25);2-12H,13-14H2,1H3,(H,23,24);2-8,10-11,19,25H,9,12H2,1H3,(H,21,22)(H,23,24);1-7,9-10,18,25H,8,11H2,(H,21,22)(H,23,24);2-8,11-12H,9-10H2,1H3,(H,20,23)(H,21,22). The van der Waals surface area contributed by atoms with E-state index in [1.165, 1.54) is 45.5 Å². The van der Waals surface area contributed by atoms with Crippen LogP contribution in [0.2, 0.25) is 0 Å². The number of aliphatic hydroxyl groups is 3. The fourth-order valence-corrected chi connectivity index (χ4v) is 15.3. The van der Waals surface area contributed by atoms with Gasteiger partial charge in [-0.15, -0.1) is 0 Å². The van der Waals surface area contributed by atoms with Crippen molar-refractivity contribution in [2.24, 2.45) is 25.0 Å². The number of aliphatic hydroxyl groups excluding tert-OH is 3. The van der Waals surface area contributed by atoms with Crippen molar-refractivity contribution in [3.8, 4) is 78.6 Å². The molecule has 25 nitrogen and oxygen atoms in total. The topological polar surface area (TPSA) is 331 Å². The van der Waals surface area contributed by atoms with Crippen LogP contribution in [0.4, 0.5) is 32.8 Å². The Bertz CT molecular complexity index is 6430. The lowest BCUT2D eigenvalue weighted by Crippen LogP contribution is -2.11. The highest BCUT2D eigenvalue weighted by molar-refractivity contribution is 6.07. The van der Waals surface area contributed by atoms with Crippen molar-refractivity contribution in [1.82, 2.24) is 40.6 Å². The first-order chi connectivity index (χ1) is 62.4. The van der Waals surface area contributed by atoms with Crippen LogP contribution in [0.5, 0.6) is 23.0 Å². The zero-order chi connectivity index (χ0) is 87.2. The molecule has 127 heavy (non-hydrogen) atoms. The molecule has 11 N–H and O–H groups in total. The predicted octanol–water partition coefficient (Wildman–Crippen LogP) is 18.3. The number of aromatic amines is 3. The summed E-state index contributed by atoms with van der Waals surface area (Å²) in [5.74, 6) is 7.39. The molecule has 0 saturated carbocycles. The van der Waals surface area contributed by atoms with E-state index in [1.807, 2.05) is 152 Å². The third kappa shape index (κ3) is 21.8. The largest absolute Gasteiger partial charge is 0.497 e. The number of hydrogen-bond acceptors (Lipinski definition) is 17. The van der Waals surface area contributed by atoms with Crippen LogP contribution in [-0.4, -0.2) is 133 Å². The van der Waals surface area contributed by atoms with E-state index in [4.69, 9.17) is 38.9 Å². The highest BCUT2D eigenvalue weighted by Gasteiger charge is 2.25. The molecule has 0 spiro atoms. The summed E-state index contributed by atoms with van der Waals surface area (Å²) in [6.07, 6.45) is 22.0. The van der Waals surface area contributed by atoms with Crippen LogP contribution in [0.15, 0.2) is 324 Å². The maximum Gasteiger partial charge on any atom is 0.123 e. The Balaban J connectivity index is 0.000000117. The Morgan fingerprint density at radius 1 is 0.315 bits per heavy atom. The highest BCUT2D eigenvalue weighted by Crippen LogP contribution is 2.38. The van der Waals surface area contributed by atoms with E-state index in [0.717, 1.165) is 179 Å². The Morgan fingerprint density at radius 2 is 0.606 bits per heavy atom. The van der Waals surface area contributed by atoms with E-state index < -0.39 is 6.04 Å². The van der Waals surface area contributed by atoms with Crippen molar-refractivity contribution >= 4 is 57.6 Å². The summed E-state index contributed by atoms with van der Waals surface area (Å²) in [7, 11) is 6.62. The van der Waals surface area contributed by atoms with Crippen molar-refractivity contribution in [2.75, 3.05) is 74.8 Å². The average molecular weight is 1690 g/mol. The summed E-state index contributed by atoms with van der Waals surface area (Å²) in [6, 6.07) is 76.2. The Hall–Kier alpha value is -15.5. The number of halogens is 1. The van der Waals surface area contributed by atoms with Crippen LogP contribution in [0.3, 0.4) is 0 Å². The van der Waals surface area contributed by atoms with Gasteiger partial charge in [0.15, 0.2) is 0 Å². The van der Waals surface area contributed by atoms with Gasteiger partial charge in [0.25, 0.3) is 0 Å². The molecular formula is C101H95FN18O7. The van der Waals surface area contributed by atoms with Crippen LogP contribution in [0.25, 0.3) is 55.6 Å². The minimum absolute atomic E-state index is 0.0586. The third-order valence-electron chi connectivity index (χ3n) is 22.1. The quantitative estimate of drug-likeness (QED) is 0.0300. The summed E-state index contributed by atoms with van der Waals surface area (Å²) in [4.78, 5) is 31.6. The highest BCUT2D eigenvalue weighted by atomic mass is 19.1. The van der Waals surface area contributed by atoms with E-state index >= 15 is 0 Å². The van der Waals surface area contributed by atoms with Gasteiger partial charge in [-0.2, -0.15) is 15.3 Å². The SMILES string of the molecule is COc1cccc(C(CO)N=C2Cc3ccc(-c4ccncc4)cc3N2)c1.COc1cccc(C(CO)N=C2Cc3ccc(-c4cn[nH]c4)cc3N2)c1.COc1cccc(CN=C2Cc3ccc(-c4ccncc4)cc3N2)c1.COc1cccc(CN=C2Cc3ccc(-c4cn[nH]c4)cc3N2)c1.OCC(N=C1Cc2ccc(-c3cn[nH]c3)cc2N1)c1cccc(F)c1. The van der Waals surface area contributed by atoms with E-state index in [-0.39, 0.29) is 37.7 Å². The molecule has 20 rings (SSSR count). The summed E-state index contributed by atoms with van der Waals surface area (Å²) in [6.45, 7) is 0.990. The molecule has 0 fully saturated rings. The lowest BCUT2D eigenvalue weighted by molar-refractivity contribution is 0.268. The van der Waals surface area contributed by atoms with Crippen molar-refractivity contribution in [2.45, 2.75) is 63.3 Å². The number of rotatable bonds is 22. The fraction of sp³-hybridized carbons (Fsp3) is 0.168. The lowest BCUT2D eigenvalue weighted by atomic mass is 10.0. The molecule has 10 aromatic carbocycles. The number of benzene rings is 10. The first kappa shape index (κ1) is 85.1. The third-order valence-corrected chi connectivity index (χ3v) is 22.1. The number of ether oxygens (including phenoxy) is 4. The van der Waals surface area contributed by atoms with Crippen LogP contribution in [-0.2, 0) is 45.2 Å². The van der Waals surface area contributed by atoms with Gasteiger partial charge in [0.1, 0.15) is 76.1 Å². The summed E-state index contributed by atoms with van der Waals surface area (Å²) < 4.78 is 34.5. The summed E-state index contributed by atoms with van der Waals surface area (Å²) in [5.41, 5.74) is 27.3. The minimum Gasteiger partial charge on any atom is -0.497 e. The molecule has 10 heterocycles. The van der Waals surface area contributed by atoms with Crippen molar-refractivity contribution in [3.05, 3.63) is 360 Å². The number of nitrogens with one attached hydrogen (secondary N) is 8. The van der Waals surface area contributed by atoms with Gasteiger partial charge in [-0.3, -0.25) is 50.2 Å². The smallest absolute Gasteiger partial charge is 0.123 e. The van der Waals surface area contributed by atoms with Crippen LogP contribution in [0, 0.1) is 5.82 Å². The number of fused-ring (bicyclic) bond motifs is 5. The second-order valence-electron chi connectivity index (χ2n) is 30.5. The van der Waals surface area contributed by atoms with Gasteiger partial charge in [0, 0.05) is 121 Å². The molecule has 5 aliphatic rings. The van der Waals surface area contributed by atoms with E-state index in [0.29, 0.717) is 25.1 Å². The monoisotopic (exact) mass is 1690 g/mol. The molecule has 638 valence electrons. The second kappa shape index (κ2) is 41.1. The predicted molar refractivity (Wildman–Crippen MR) is 500 cm³/mol. The van der Waals surface area contributed by atoms with Gasteiger partial charge >= 0.3 is 0 Å². The number of methoxy groups -OCH3 is 4. The fourth-order valence-electron chi connectivity index (χ4n) is 15.3. The average Bonchev–Trinajstić information content (AvgIpc) is 1.67. The normalized spacial score (nSPS) is 15.1. The zero-order valence-electron chi connectivity index (χ0n) is 70.4. The summed E-state index contributed by atoms with van der Waals surface area (Å²) >= 11 is 0. The van der Waals surface area contributed by atoms with Crippen LogP contribution in [0.1, 0.15) is 73.8 Å². The number of H-pyrrole nitrogens is 3. The van der Waals surface area contributed by atoms with Gasteiger partial charge in [-0.05, 0) is 210 Å². The van der Waals surface area contributed by atoms with Gasteiger partial charge < -0.3 is 60.9 Å². The molecule has 0 radical (unpaired) electrons. The molecule has 26 heteroatoms. The van der Waals surface area contributed by atoms with E-state index in [1.54, 1.807) is 65.4 Å². The molecule has 0 amide bonds. The number of nitrogens with zero attached hydrogens (tertiary/aromatic N) is 10. The van der Waals surface area contributed by atoms with Gasteiger partial charge in [-0.25, -0.2) is 4.39 Å². The summed E-state index contributed by atoms with van der Waals surface area (Å²) in [5, 5.41) is 66.7.